The first-order chi connectivity index (χ1) is 10.2. The molecule has 2 aromatic rings. The lowest BCUT2D eigenvalue weighted by molar-refractivity contribution is 0.373. The van der Waals surface area contributed by atoms with E-state index in [0.717, 1.165) is 35.2 Å². The molecule has 4 heteroatoms. The molecule has 1 fully saturated rings. The molecule has 112 valence electrons. The second-order valence-electron chi connectivity index (χ2n) is 5.85. The predicted octanol–water partition coefficient (Wildman–Crippen LogP) is 2.95. The number of nitrogens with two attached hydrogens (primary N) is 1. The van der Waals surface area contributed by atoms with Crippen LogP contribution in [0.25, 0.3) is 10.8 Å². The van der Waals surface area contributed by atoms with Crippen LogP contribution in [0.2, 0.25) is 0 Å². The molecule has 0 saturated heterocycles. The zero-order chi connectivity index (χ0) is 14.8. The van der Waals surface area contributed by atoms with Crippen molar-refractivity contribution >= 4 is 16.6 Å². The number of fused-ring (bicyclic) bond motifs is 1. The van der Waals surface area contributed by atoms with E-state index in [9.17, 15) is 0 Å². The topological polar surface area (TPSA) is 51.4 Å². The number of nitrogens with zero attached hydrogens (tertiary/aromatic N) is 2. The molecule has 0 bridgehead atoms. The van der Waals surface area contributed by atoms with Crippen LogP contribution >= 0.6 is 0 Å². The van der Waals surface area contributed by atoms with Crippen molar-refractivity contribution < 1.29 is 4.74 Å². The standard InChI is InChI=1S/C17H23N3O/c1-20(16-6-4-3-5-15(16)18)17-14-8-7-13(21-2)11-12(14)9-10-19-17/h7-11,15-16H,3-6,18H2,1-2H3. The first-order valence-electron chi connectivity index (χ1n) is 7.62. The number of aromatic nitrogens is 1. The monoisotopic (exact) mass is 285 g/mol. The Morgan fingerprint density at radius 2 is 2.05 bits per heavy atom. The Kier molecular flexibility index (Phi) is 3.97. The third-order valence-corrected chi connectivity index (χ3v) is 4.56. The van der Waals surface area contributed by atoms with Crippen LogP contribution in [0, 0.1) is 0 Å². The van der Waals surface area contributed by atoms with Crippen molar-refractivity contribution in [2.75, 3.05) is 19.1 Å². The third kappa shape index (κ3) is 2.68. The van der Waals surface area contributed by atoms with Gasteiger partial charge in [0.2, 0.25) is 0 Å². The quantitative estimate of drug-likeness (QED) is 0.942. The highest BCUT2D eigenvalue weighted by atomic mass is 16.5. The lowest BCUT2D eigenvalue weighted by Crippen LogP contribution is -2.48. The van der Waals surface area contributed by atoms with Gasteiger partial charge in [-0.25, -0.2) is 4.98 Å². The lowest BCUT2D eigenvalue weighted by atomic mass is 9.90. The SMILES string of the molecule is COc1ccc2c(N(C)C3CCCCC3N)nccc2c1. The van der Waals surface area contributed by atoms with E-state index >= 15 is 0 Å². The zero-order valence-corrected chi connectivity index (χ0v) is 12.7. The molecule has 0 radical (unpaired) electrons. The highest BCUT2D eigenvalue weighted by Crippen LogP contribution is 2.31. The maximum atomic E-state index is 6.32. The fourth-order valence-corrected chi connectivity index (χ4v) is 3.33. The van der Waals surface area contributed by atoms with Gasteiger partial charge in [-0.15, -0.1) is 0 Å². The molecule has 1 aliphatic carbocycles. The summed E-state index contributed by atoms with van der Waals surface area (Å²) in [4.78, 5) is 6.86. The molecule has 0 spiro atoms. The number of pyridine rings is 1. The smallest absolute Gasteiger partial charge is 0.136 e. The van der Waals surface area contributed by atoms with Crippen molar-refractivity contribution in [3.63, 3.8) is 0 Å². The molecule has 0 aliphatic heterocycles. The van der Waals surface area contributed by atoms with E-state index in [0.29, 0.717) is 6.04 Å². The van der Waals surface area contributed by atoms with Gasteiger partial charge in [0.25, 0.3) is 0 Å². The Morgan fingerprint density at radius 3 is 2.81 bits per heavy atom. The zero-order valence-electron chi connectivity index (χ0n) is 12.7. The van der Waals surface area contributed by atoms with E-state index in [1.54, 1.807) is 7.11 Å². The Labute approximate surface area is 125 Å². The molecule has 0 amide bonds. The fourth-order valence-electron chi connectivity index (χ4n) is 3.33. The van der Waals surface area contributed by atoms with Crippen molar-refractivity contribution in [3.05, 3.63) is 30.5 Å². The molecule has 3 rings (SSSR count). The van der Waals surface area contributed by atoms with Gasteiger partial charge in [0, 0.05) is 30.7 Å². The van der Waals surface area contributed by atoms with E-state index in [-0.39, 0.29) is 6.04 Å². The number of rotatable bonds is 3. The molecular formula is C17H23N3O. The van der Waals surface area contributed by atoms with Crippen molar-refractivity contribution in [2.45, 2.75) is 37.8 Å². The summed E-state index contributed by atoms with van der Waals surface area (Å²) in [6.07, 6.45) is 6.61. The molecule has 2 unspecified atom stereocenters. The van der Waals surface area contributed by atoms with E-state index in [1.165, 1.54) is 12.8 Å². The van der Waals surface area contributed by atoms with Crippen LogP contribution in [-0.2, 0) is 0 Å². The van der Waals surface area contributed by atoms with Gasteiger partial charge in [0.05, 0.1) is 7.11 Å². The molecule has 21 heavy (non-hydrogen) atoms. The van der Waals surface area contributed by atoms with Crippen LogP contribution in [0.15, 0.2) is 30.5 Å². The summed E-state index contributed by atoms with van der Waals surface area (Å²) in [6, 6.07) is 8.76. The largest absolute Gasteiger partial charge is 0.497 e. The normalized spacial score (nSPS) is 22.2. The minimum Gasteiger partial charge on any atom is -0.497 e. The fraction of sp³-hybridized carbons (Fsp3) is 0.471. The minimum absolute atomic E-state index is 0.235. The van der Waals surface area contributed by atoms with E-state index < -0.39 is 0 Å². The third-order valence-electron chi connectivity index (χ3n) is 4.56. The minimum atomic E-state index is 0.235. The molecule has 2 N–H and O–H groups in total. The first kappa shape index (κ1) is 14.1. The van der Waals surface area contributed by atoms with Gasteiger partial charge < -0.3 is 15.4 Å². The molecule has 1 aromatic carbocycles. The Morgan fingerprint density at radius 1 is 1.24 bits per heavy atom. The maximum Gasteiger partial charge on any atom is 0.136 e. The lowest BCUT2D eigenvalue weighted by Gasteiger charge is -2.37. The number of benzene rings is 1. The molecule has 4 nitrogen and oxygen atoms in total. The Balaban J connectivity index is 1.99. The maximum absolute atomic E-state index is 6.32. The Bertz CT molecular complexity index is 628. The van der Waals surface area contributed by atoms with Crippen molar-refractivity contribution in [1.29, 1.82) is 0 Å². The molecule has 1 aliphatic rings. The van der Waals surface area contributed by atoms with Crippen LogP contribution in [0.4, 0.5) is 5.82 Å². The van der Waals surface area contributed by atoms with Gasteiger partial charge >= 0.3 is 0 Å². The highest BCUT2D eigenvalue weighted by Gasteiger charge is 2.27. The number of methoxy groups -OCH3 is 1. The van der Waals surface area contributed by atoms with Crippen LogP contribution < -0.4 is 15.4 Å². The average molecular weight is 285 g/mol. The second-order valence-corrected chi connectivity index (χ2v) is 5.85. The van der Waals surface area contributed by atoms with Gasteiger partial charge in [0.1, 0.15) is 11.6 Å². The number of hydrogen-bond donors (Lipinski definition) is 1. The Hall–Kier alpha value is -1.81. The van der Waals surface area contributed by atoms with Gasteiger partial charge in [0.15, 0.2) is 0 Å². The van der Waals surface area contributed by atoms with Gasteiger partial charge in [-0.2, -0.15) is 0 Å². The van der Waals surface area contributed by atoms with E-state index in [4.69, 9.17) is 10.5 Å². The summed E-state index contributed by atoms with van der Waals surface area (Å²) in [5, 5.41) is 2.30. The van der Waals surface area contributed by atoms with Crippen molar-refractivity contribution in [1.82, 2.24) is 4.98 Å². The molecular weight excluding hydrogens is 262 g/mol. The summed E-state index contributed by atoms with van der Waals surface area (Å²) in [5.41, 5.74) is 6.32. The summed E-state index contributed by atoms with van der Waals surface area (Å²) in [7, 11) is 3.80. The summed E-state index contributed by atoms with van der Waals surface area (Å²) in [6.45, 7) is 0. The molecule has 1 saturated carbocycles. The number of ether oxygens (including phenoxy) is 1. The molecule has 1 heterocycles. The van der Waals surface area contributed by atoms with Crippen molar-refractivity contribution in [3.8, 4) is 5.75 Å². The van der Waals surface area contributed by atoms with E-state index in [1.807, 2.05) is 18.3 Å². The summed E-state index contributed by atoms with van der Waals surface area (Å²) < 4.78 is 5.30. The van der Waals surface area contributed by atoms with Gasteiger partial charge in [-0.1, -0.05) is 12.8 Å². The molecule has 2 atom stereocenters. The van der Waals surface area contributed by atoms with Crippen LogP contribution in [0.1, 0.15) is 25.7 Å². The number of hydrogen-bond acceptors (Lipinski definition) is 4. The first-order valence-corrected chi connectivity index (χ1v) is 7.62. The van der Waals surface area contributed by atoms with Crippen molar-refractivity contribution in [2.24, 2.45) is 5.73 Å². The van der Waals surface area contributed by atoms with Crippen LogP contribution in [0.3, 0.4) is 0 Å². The van der Waals surface area contributed by atoms with Gasteiger partial charge in [-0.3, -0.25) is 0 Å². The average Bonchev–Trinajstić information content (AvgIpc) is 2.53. The van der Waals surface area contributed by atoms with Gasteiger partial charge in [-0.05, 0) is 42.5 Å². The number of anilines is 1. The summed E-state index contributed by atoms with van der Waals surface area (Å²) >= 11 is 0. The second kappa shape index (κ2) is 5.90. The summed E-state index contributed by atoms with van der Waals surface area (Å²) in [5.74, 6) is 1.88. The van der Waals surface area contributed by atoms with Crippen LogP contribution in [0.5, 0.6) is 5.75 Å². The van der Waals surface area contributed by atoms with Crippen LogP contribution in [-0.4, -0.2) is 31.2 Å². The molecule has 1 aromatic heterocycles. The predicted molar refractivity (Wildman–Crippen MR) is 86.9 cm³/mol. The van der Waals surface area contributed by atoms with E-state index in [2.05, 4.69) is 29.1 Å². The highest BCUT2D eigenvalue weighted by molar-refractivity contribution is 5.93. The number of likely N-dealkylation sites (N-methyl/N-ethyl adjacent to an activating group) is 1.